The van der Waals surface area contributed by atoms with Gasteiger partial charge in [0.15, 0.2) is 0 Å². The molecule has 2 aliphatic heterocycles. The maximum absolute atomic E-state index is 13.2. The minimum atomic E-state index is -4.55. The number of carbonyl (C=O) groups is 1. The van der Waals surface area contributed by atoms with Crippen molar-refractivity contribution in [2.75, 3.05) is 13.2 Å². The van der Waals surface area contributed by atoms with Crippen LogP contribution in [0.15, 0.2) is 18.3 Å². The van der Waals surface area contributed by atoms with Gasteiger partial charge in [-0.05, 0) is 36.8 Å². The summed E-state index contributed by atoms with van der Waals surface area (Å²) in [6.45, 7) is 6.27. The number of carbonyl (C=O) groups excluding carboxylic acids is 1. The number of rotatable bonds is 3. The van der Waals surface area contributed by atoms with Crippen LogP contribution in [0.2, 0.25) is 0 Å². The molecule has 2 fully saturated rings. The van der Waals surface area contributed by atoms with Gasteiger partial charge in [0.25, 0.3) is 0 Å². The summed E-state index contributed by atoms with van der Waals surface area (Å²) in [5.41, 5.74) is 1.94. The van der Waals surface area contributed by atoms with E-state index in [1.54, 1.807) is 0 Å². The van der Waals surface area contributed by atoms with Crippen molar-refractivity contribution >= 4 is 5.97 Å². The second-order valence-electron chi connectivity index (χ2n) is 11.4. The first-order chi connectivity index (χ1) is 18.0. The van der Waals surface area contributed by atoms with E-state index in [9.17, 15) is 23.1 Å². The Hall–Kier alpha value is -2.56. The van der Waals surface area contributed by atoms with Crippen LogP contribution in [0.4, 0.5) is 13.2 Å². The third-order valence-electron chi connectivity index (χ3n) is 8.53. The third kappa shape index (κ3) is 3.95. The molecule has 4 heterocycles. The van der Waals surface area contributed by atoms with Gasteiger partial charge in [-0.3, -0.25) is 14.8 Å². The second-order valence-corrected chi connectivity index (χ2v) is 11.4. The normalized spacial score (nSPS) is 26.9. The van der Waals surface area contributed by atoms with Gasteiger partial charge < -0.3 is 19.3 Å². The molecule has 0 radical (unpaired) electrons. The van der Waals surface area contributed by atoms with E-state index in [1.165, 1.54) is 19.2 Å². The van der Waals surface area contributed by atoms with E-state index < -0.39 is 41.8 Å². The van der Waals surface area contributed by atoms with E-state index in [4.69, 9.17) is 19.2 Å². The fourth-order valence-electron chi connectivity index (χ4n) is 6.62. The molecule has 1 N–H and O–H groups in total. The van der Waals surface area contributed by atoms with Crippen LogP contribution in [0.3, 0.4) is 0 Å². The molecule has 4 aliphatic rings. The van der Waals surface area contributed by atoms with Crippen LogP contribution in [0, 0.1) is 5.41 Å². The molecule has 0 bridgehead atoms. The molecule has 2 aromatic heterocycles. The van der Waals surface area contributed by atoms with Crippen molar-refractivity contribution in [1.29, 1.82) is 0 Å². The zero-order valence-electron chi connectivity index (χ0n) is 21.6. The Kier molecular flexibility index (Phi) is 5.90. The van der Waals surface area contributed by atoms with Gasteiger partial charge in [-0.1, -0.05) is 19.9 Å². The highest BCUT2D eigenvalue weighted by Crippen LogP contribution is 2.67. The average Bonchev–Trinajstić information content (AvgIpc) is 3.56. The number of hydrogen-bond donors (Lipinski definition) is 1. The largest absolute Gasteiger partial charge is 0.455 e. The molecule has 7 nitrogen and oxygen atoms in total. The topological polar surface area (TPSA) is 90.8 Å². The standard InChI is InChI=1S/C28H31F3N2O5/c1-14(2)22-20-21(19-17(35)12-26(6-7-26)25(23(19)33-22)37-15(3)34)27(8-10-36-11-9-27)38-24(20)16-4-5-18(32-13-16)28(29,30)31/h4-5,13-14,17,24-25,35H,6-12H2,1-3H3. The highest BCUT2D eigenvalue weighted by molar-refractivity contribution is 5.67. The van der Waals surface area contributed by atoms with E-state index in [2.05, 4.69) is 4.98 Å². The van der Waals surface area contributed by atoms with Gasteiger partial charge in [0, 0.05) is 67.0 Å². The van der Waals surface area contributed by atoms with Gasteiger partial charge >= 0.3 is 12.1 Å². The summed E-state index contributed by atoms with van der Waals surface area (Å²) in [5.74, 6) is -0.465. The minimum absolute atomic E-state index is 0.0650. The fourth-order valence-corrected chi connectivity index (χ4v) is 6.62. The highest BCUT2D eigenvalue weighted by Gasteiger charge is 2.60. The number of pyridine rings is 2. The maximum Gasteiger partial charge on any atom is 0.433 e. The Morgan fingerprint density at radius 2 is 1.87 bits per heavy atom. The number of nitrogens with zero attached hydrogens (tertiary/aromatic N) is 2. The Labute approximate surface area is 218 Å². The minimum Gasteiger partial charge on any atom is -0.455 e. The third-order valence-corrected chi connectivity index (χ3v) is 8.53. The number of aromatic nitrogens is 2. The molecule has 0 amide bonds. The van der Waals surface area contributed by atoms with Gasteiger partial charge in [-0.2, -0.15) is 13.2 Å². The monoisotopic (exact) mass is 532 g/mol. The Morgan fingerprint density at radius 3 is 2.42 bits per heavy atom. The van der Waals surface area contributed by atoms with Crippen molar-refractivity contribution in [3.8, 4) is 0 Å². The molecule has 204 valence electrons. The van der Waals surface area contributed by atoms with Crippen molar-refractivity contribution in [2.45, 2.75) is 88.9 Å². The van der Waals surface area contributed by atoms with Crippen molar-refractivity contribution in [1.82, 2.24) is 9.97 Å². The number of alkyl halides is 3. The number of halogens is 3. The summed E-state index contributed by atoms with van der Waals surface area (Å²) in [5, 5.41) is 11.6. The molecule has 2 spiro atoms. The SMILES string of the molecule is CC(=O)OC1c2nc(C(C)C)c3c(c2C(O)CC12CC2)C1(CCOCC1)OC3c1ccc(C(F)(F)F)nc1. The maximum atomic E-state index is 13.2. The average molecular weight is 533 g/mol. The number of aliphatic hydroxyl groups is 1. The lowest BCUT2D eigenvalue weighted by Gasteiger charge is -2.40. The zero-order valence-corrected chi connectivity index (χ0v) is 21.6. The Morgan fingerprint density at radius 1 is 1.16 bits per heavy atom. The highest BCUT2D eigenvalue weighted by atomic mass is 19.4. The quantitative estimate of drug-likeness (QED) is 0.517. The molecule has 38 heavy (non-hydrogen) atoms. The fraction of sp³-hybridized carbons (Fsp3) is 0.607. The molecule has 10 heteroatoms. The molecule has 1 saturated carbocycles. The van der Waals surface area contributed by atoms with Crippen LogP contribution >= 0.6 is 0 Å². The van der Waals surface area contributed by atoms with Crippen molar-refractivity contribution in [3.05, 3.63) is 57.7 Å². The lowest BCUT2D eigenvalue weighted by molar-refractivity contribution is -0.153. The van der Waals surface area contributed by atoms with Crippen LogP contribution in [0.25, 0.3) is 0 Å². The first-order valence-corrected chi connectivity index (χ1v) is 13.2. The number of hydrogen-bond acceptors (Lipinski definition) is 7. The zero-order chi connectivity index (χ0) is 27.0. The molecule has 2 aromatic rings. The Balaban J connectivity index is 1.59. The molecule has 2 aliphatic carbocycles. The van der Waals surface area contributed by atoms with Gasteiger partial charge in [-0.15, -0.1) is 0 Å². The summed E-state index contributed by atoms with van der Waals surface area (Å²) in [6.07, 6.45) is -2.25. The number of fused-ring (bicyclic) bond motifs is 4. The number of ether oxygens (including phenoxy) is 3. The lowest BCUT2D eigenvalue weighted by atomic mass is 9.72. The summed E-state index contributed by atoms with van der Waals surface area (Å²) in [4.78, 5) is 20.9. The molecular weight excluding hydrogens is 501 g/mol. The first kappa shape index (κ1) is 25.7. The second kappa shape index (κ2) is 8.72. The van der Waals surface area contributed by atoms with Crippen molar-refractivity contribution < 1.29 is 37.3 Å². The summed E-state index contributed by atoms with van der Waals surface area (Å²) in [7, 11) is 0. The van der Waals surface area contributed by atoms with Gasteiger partial charge in [0.2, 0.25) is 0 Å². The van der Waals surface area contributed by atoms with E-state index in [0.717, 1.165) is 35.7 Å². The molecule has 1 saturated heterocycles. The molecule has 0 aromatic carbocycles. The van der Waals surface area contributed by atoms with E-state index in [0.29, 0.717) is 49.3 Å². The summed E-state index contributed by atoms with van der Waals surface area (Å²) < 4.78 is 58.1. The molecule has 6 rings (SSSR count). The van der Waals surface area contributed by atoms with E-state index >= 15 is 0 Å². The molecular formula is C28H31F3N2O5. The van der Waals surface area contributed by atoms with Crippen LogP contribution in [-0.2, 0) is 30.8 Å². The predicted molar refractivity (Wildman–Crippen MR) is 128 cm³/mol. The lowest BCUT2D eigenvalue weighted by Crippen LogP contribution is -2.37. The molecule has 3 atom stereocenters. The Bertz CT molecular complexity index is 1270. The van der Waals surface area contributed by atoms with Crippen LogP contribution in [-0.4, -0.2) is 34.3 Å². The van der Waals surface area contributed by atoms with Crippen LogP contribution in [0.1, 0.15) is 116 Å². The van der Waals surface area contributed by atoms with Gasteiger partial charge in [0.1, 0.15) is 17.9 Å². The number of aliphatic hydroxyl groups excluding tert-OH is 1. The summed E-state index contributed by atoms with van der Waals surface area (Å²) in [6, 6.07) is 2.38. The smallest absolute Gasteiger partial charge is 0.433 e. The van der Waals surface area contributed by atoms with Gasteiger partial charge in [0.05, 0.1) is 17.4 Å². The predicted octanol–water partition coefficient (Wildman–Crippen LogP) is 5.57. The van der Waals surface area contributed by atoms with Crippen LogP contribution < -0.4 is 0 Å². The first-order valence-electron chi connectivity index (χ1n) is 13.2. The van der Waals surface area contributed by atoms with Crippen LogP contribution in [0.5, 0.6) is 0 Å². The van der Waals surface area contributed by atoms with E-state index in [1.807, 2.05) is 13.8 Å². The summed E-state index contributed by atoms with van der Waals surface area (Å²) >= 11 is 0. The van der Waals surface area contributed by atoms with Gasteiger partial charge in [-0.25, -0.2) is 0 Å². The molecule has 3 unspecified atom stereocenters. The van der Waals surface area contributed by atoms with E-state index in [-0.39, 0.29) is 11.3 Å². The van der Waals surface area contributed by atoms with Crippen molar-refractivity contribution in [2.24, 2.45) is 5.41 Å². The number of esters is 1. The van der Waals surface area contributed by atoms with Crippen molar-refractivity contribution in [3.63, 3.8) is 0 Å².